The van der Waals surface area contributed by atoms with E-state index >= 15 is 0 Å². The highest BCUT2D eigenvalue weighted by molar-refractivity contribution is 6.05. The largest absolute Gasteiger partial charge is 0.398 e. The quantitative estimate of drug-likeness (QED) is 0.0809. The fourth-order valence-corrected chi connectivity index (χ4v) is 6.49. The Hall–Kier alpha value is -5.18. The molecule has 0 saturated heterocycles. The lowest BCUT2D eigenvalue weighted by Crippen LogP contribution is -2.30. The Bertz CT molecular complexity index is 1960. The summed E-state index contributed by atoms with van der Waals surface area (Å²) >= 11 is 0. The van der Waals surface area contributed by atoms with Crippen molar-refractivity contribution in [3.63, 3.8) is 0 Å². The lowest BCUT2D eigenvalue weighted by molar-refractivity contribution is 0.102. The molecule has 0 saturated carbocycles. The van der Waals surface area contributed by atoms with Gasteiger partial charge in [0.25, 0.3) is 5.91 Å². The Morgan fingerprint density at radius 1 is 0.600 bits per heavy atom. The van der Waals surface area contributed by atoms with Gasteiger partial charge >= 0.3 is 0 Å². The number of benzene rings is 5. The summed E-state index contributed by atoms with van der Waals surface area (Å²) in [6.07, 6.45) is 0. The molecule has 9 heteroatoms. The molecule has 0 bridgehead atoms. The number of anilines is 3. The molecule has 0 fully saturated rings. The number of hydrogen-bond acceptors (Lipinski definition) is 3. The number of fused-ring (bicyclic) bond motifs is 3. The van der Waals surface area contributed by atoms with E-state index < -0.39 is 46.1 Å². The first kappa shape index (κ1) is 29.9. The fraction of sp³-hybridized carbons (Fsp3) is 0.139. The van der Waals surface area contributed by atoms with Crippen molar-refractivity contribution in [3.8, 4) is 11.1 Å². The van der Waals surface area contributed by atoms with Crippen LogP contribution in [0.1, 0.15) is 54.9 Å². The van der Waals surface area contributed by atoms with Crippen LogP contribution >= 0.6 is 0 Å². The smallest absolute Gasteiger partial charge is 0.255 e. The van der Waals surface area contributed by atoms with Gasteiger partial charge in [-0.25, -0.2) is 22.0 Å². The van der Waals surface area contributed by atoms with Gasteiger partial charge in [0.05, 0.1) is 5.41 Å². The van der Waals surface area contributed by atoms with Crippen LogP contribution in [-0.2, 0) is 5.41 Å². The Labute approximate surface area is 256 Å². The van der Waals surface area contributed by atoms with Crippen LogP contribution in [0.4, 0.5) is 39.0 Å². The third kappa shape index (κ3) is 4.29. The second-order valence-electron chi connectivity index (χ2n) is 11.5. The third-order valence-corrected chi connectivity index (χ3v) is 8.81. The molecule has 4 nitrogen and oxygen atoms in total. The predicted molar refractivity (Wildman–Crippen MR) is 166 cm³/mol. The molecular weight excluding hydrogens is 585 g/mol. The summed E-state index contributed by atoms with van der Waals surface area (Å²) in [4.78, 5) is 13.5. The topological polar surface area (TPSA) is 81.1 Å². The van der Waals surface area contributed by atoms with Crippen molar-refractivity contribution in [2.24, 2.45) is 0 Å². The van der Waals surface area contributed by atoms with Gasteiger partial charge in [0, 0.05) is 16.9 Å². The maximum atomic E-state index is 14.5. The summed E-state index contributed by atoms with van der Waals surface area (Å²) in [5.74, 6) is -12.0. The summed E-state index contributed by atoms with van der Waals surface area (Å²) in [5.41, 5.74) is 20.0. The van der Waals surface area contributed by atoms with Crippen LogP contribution in [-0.4, -0.2) is 5.91 Å². The number of amides is 1. The van der Waals surface area contributed by atoms with Crippen molar-refractivity contribution in [1.29, 1.82) is 0 Å². The number of halogens is 5. The number of aryl methyl sites for hydroxylation is 4. The van der Waals surface area contributed by atoms with E-state index in [1.165, 1.54) is 6.07 Å². The van der Waals surface area contributed by atoms with E-state index in [1.54, 1.807) is 12.1 Å². The molecule has 6 rings (SSSR count). The molecule has 0 aliphatic heterocycles. The standard InChI is InChI=1S/C36H28F5N3O/c1-16-11-21(12-17(2)32(16)42)36(22-13-18(3)33(43)19(4)14-22)25-8-6-5-7-23(25)24-10-9-20(15-26(24)36)35(45)44-34-30(40)28(38)27(37)29(39)31(34)41/h5-15H,42-43H2,1-4H3,(H,44,45). The van der Waals surface area contributed by atoms with Crippen LogP contribution in [0.3, 0.4) is 0 Å². The molecule has 0 aromatic heterocycles. The second-order valence-corrected chi connectivity index (χ2v) is 11.5. The van der Waals surface area contributed by atoms with Crippen molar-refractivity contribution in [1.82, 2.24) is 0 Å². The summed E-state index contributed by atoms with van der Waals surface area (Å²) in [7, 11) is 0. The molecule has 0 unspecified atom stereocenters. The minimum Gasteiger partial charge on any atom is -0.398 e. The molecule has 5 aromatic rings. The molecule has 0 radical (unpaired) electrons. The minimum atomic E-state index is -2.31. The molecule has 228 valence electrons. The van der Waals surface area contributed by atoms with Gasteiger partial charge in [-0.2, -0.15) is 0 Å². The van der Waals surface area contributed by atoms with E-state index in [0.29, 0.717) is 16.9 Å². The molecule has 0 atom stereocenters. The first-order valence-electron chi connectivity index (χ1n) is 14.1. The highest BCUT2D eigenvalue weighted by Gasteiger charge is 2.47. The van der Waals surface area contributed by atoms with Crippen molar-refractivity contribution >= 4 is 23.0 Å². The van der Waals surface area contributed by atoms with Crippen LogP contribution in [0.15, 0.2) is 66.7 Å². The molecule has 1 aliphatic rings. The SMILES string of the molecule is Cc1cc(C2(c3cc(C)c(N)c(C)c3)c3ccccc3-c3ccc(C(=O)Nc4c(F)c(F)c(F)c(F)c4F)cc32)cc(C)c1N. The highest BCUT2D eigenvalue weighted by Crippen LogP contribution is 2.57. The molecule has 5 aromatic carbocycles. The fourth-order valence-electron chi connectivity index (χ4n) is 6.49. The van der Waals surface area contributed by atoms with Crippen molar-refractivity contribution in [2.75, 3.05) is 16.8 Å². The number of nitrogens with two attached hydrogens (primary N) is 2. The van der Waals surface area contributed by atoms with E-state index in [9.17, 15) is 26.7 Å². The Kier molecular flexibility index (Phi) is 6.95. The zero-order valence-corrected chi connectivity index (χ0v) is 24.8. The van der Waals surface area contributed by atoms with Crippen molar-refractivity contribution < 1.29 is 26.7 Å². The molecule has 1 amide bonds. The zero-order valence-electron chi connectivity index (χ0n) is 24.8. The lowest BCUT2D eigenvalue weighted by atomic mass is 9.66. The molecule has 0 heterocycles. The van der Waals surface area contributed by atoms with Crippen LogP contribution in [0.25, 0.3) is 11.1 Å². The number of hydrogen-bond donors (Lipinski definition) is 3. The monoisotopic (exact) mass is 613 g/mol. The average Bonchev–Trinajstić information content (AvgIpc) is 3.32. The van der Waals surface area contributed by atoms with Crippen LogP contribution in [0.5, 0.6) is 0 Å². The van der Waals surface area contributed by atoms with Gasteiger partial charge in [0.2, 0.25) is 5.82 Å². The third-order valence-electron chi connectivity index (χ3n) is 8.81. The maximum Gasteiger partial charge on any atom is 0.255 e. The summed E-state index contributed by atoms with van der Waals surface area (Å²) in [6.45, 7) is 7.65. The van der Waals surface area contributed by atoms with E-state index in [1.807, 2.05) is 81.5 Å². The summed E-state index contributed by atoms with van der Waals surface area (Å²) in [6, 6.07) is 20.6. The Morgan fingerprint density at radius 2 is 1.04 bits per heavy atom. The van der Waals surface area contributed by atoms with Crippen LogP contribution in [0.2, 0.25) is 0 Å². The Balaban J connectivity index is 1.65. The second kappa shape index (κ2) is 10.5. The minimum absolute atomic E-state index is 0.0531. The molecule has 1 aliphatic carbocycles. The van der Waals surface area contributed by atoms with Gasteiger partial charge in [0.1, 0.15) is 5.69 Å². The number of carbonyl (C=O) groups excluding carboxylic acids is 1. The van der Waals surface area contributed by atoms with Crippen molar-refractivity contribution in [2.45, 2.75) is 33.1 Å². The van der Waals surface area contributed by atoms with Gasteiger partial charge in [-0.05, 0) is 95.5 Å². The number of nitrogen functional groups attached to an aromatic ring is 2. The van der Waals surface area contributed by atoms with Gasteiger partial charge in [-0.1, -0.05) is 54.6 Å². The molecule has 5 N–H and O–H groups in total. The van der Waals surface area contributed by atoms with Crippen molar-refractivity contribution in [3.05, 3.63) is 146 Å². The summed E-state index contributed by atoms with van der Waals surface area (Å²) in [5, 5.41) is 1.91. The van der Waals surface area contributed by atoms with E-state index in [2.05, 4.69) is 0 Å². The Morgan fingerprint density at radius 3 is 1.56 bits per heavy atom. The zero-order chi connectivity index (χ0) is 32.5. The average molecular weight is 614 g/mol. The normalized spacial score (nSPS) is 13.0. The van der Waals surface area contributed by atoms with Gasteiger partial charge in [-0.3, -0.25) is 4.79 Å². The van der Waals surface area contributed by atoms with Gasteiger partial charge in [-0.15, -0.1) is 0 Å². The summed E-state index contributed by atoms with van der Waals surface area (Å²) < 4.78 is 70.5. The predicted octanol–water partition coefficient (Wildman–Crippen LogP) is 8.40. The molecule has 0 spiro atoms. The van der Waals surface area contributed by atoms with E-state index in [4.69, 9.17) is 11.5 Å². The van der Waals surface area contributed by atoms with Gasteiger partial charge < -0.3 is 16.8 Å². The maximum absolute atomic E-state index is 14.5. The van der Waals surface area contributed by atoms with Crippen LogP contribution in [0, 0.1) is 56.8 Å². The van der Waals surface area contributed by atoms with Crippen LogP contribution < -0.4 is 16.8 Å². The first-order valence-corrected chi connectivity index (χ1v) is 14.1. The molecular formula is C36H28F5N3O. The van der Waals surface area contributed by atoms with E-state index in [0.717, 1.165) is 50.1 Å². The first-order chi connectivity index (χ1) is 21.3. The number of carbonyl (C=O) groups is 1. The number of rotatable bonds is 4. The van der Waals surface area contributed by atoms with E-state index in [-0.39, 0.29) is 5.56 Å². The highest BCUT2D eigenvalue weighted by atomic mass is 19.2. The lowest BCUT2D eigenvalue weighted by Gasteiger charge is -2.35. The molecule has 45 heavy (non-hydrogen) atoms. The van der Waals surface area contributed by atoms with Gasteiger partial charge in [0.15, 0.2) is 23.3 Å². The number of nitrogens with one attached hydrogen (secondary N) is 1.